The highest BCUT2D eigenvalue weighted by Crippen LogP contribution is 2.48. The molecule has 150 valence electrons. The van der Waals surface area contributed by atoms with E-state index in [0.29, 0.717) is 27.3 Å². The van der Waals surface area contributed by atoms with E-state index in [1.165, 1.54) is 17.8 Å². The Hall–Kier alpha value is -2.20. The number of pyridine rings is 1. The Morgan fingerprint density at radius 2 is 2.24 bits per heavy atom. The molecule has 9 heteroatoms. The molecule has 0 unspecified atom stereocenters. The first-order valence-electron chi connectivity index (χ1n) is 9.48. The summed E-state index contributed by atoms with van der Waals surface area (Å²) in [4.78, 5) is 14.1. The third-order valence-corrected chi connectivity index (χ3v) is 8.26. The lowest BCUT2D eigenvalue weighted by atomic mass is 9.79. The fraction of sp³-hybridized carbons (Fsp3) is 0.350. The zero-order valence-electron chi connectivity index (χ0n) is 15.9. The number of nitrogens with zero attached hydrogens (tertiary/aromatic N) is 4. The van der Waals surface area contributed by atoms with Gasteiger partial charge < -0.3 is 14.4 Å². The highest BCUT2D eigenvalue weighted by Gasteiger charge is 2.30. The van der Waals surface area contributed by atoms with E-state index in [1.54, 1.807) is 25.7 Å². The summed E-state index contributed by atoms with van der Waals surface area (Å²) in [6.45, 7) is 0.379. The number of thiophene rings is 1. The van der Waals surface area contributed by atoms with Crippen molar-refractivity contribution in [3.05, 3.63) is 36.4 Å². The van der Waals surface area contributed by atoms with Gasteiger partial charge in [0.1, 0.15) is 10.6 Å². The summed E-state index contributed by atoms with van der Waals surface area (Å²) in [6.07, 6.45) is 10.5. The Morgan fingerprint density at radius 1 is 1.38 bits per heavy atom. The average molecular weight is 429 g/mol. The third-order valence-electron chi connectivity index (χ3n) is 5.44. The normalized spacial score (nSPS) is 15.8. The van der Waals surface area contributed by atoms with Crippen LogP contribution in [0.2, 0.25) is 0 Å². The number of fused-ring (bicyclic) bond motifs is 2. The average Bonchev–Trinajstić information content (AvgIpc) is 3.26. The van der Waals surface area contributed by atoms with Gasteiger partial charge in [0.25, 0.3) is 4.21 Å². The first-order valence-corrected chi connectivity index (χ1v) is 11.6. The van der Waals surface area contributed by atoms with Crippen molar-refractivity contribution in [1.29, 1.82) is 0 Å². The molecule has 0 aromatic carbocycles. The van der Waals surface area contributed by atoms with Crippen LogP contribution in [0.3, 0.4) is 0 Å². The molecule has 4 aromatic heterocycles. The van der Waals surface area contributed by atoms with E-state index < -0.39 is 11.2 Å². The van der Waals surface area contributed by atoms with Gasteiger partial charge in [-0.05, 0) is 30.4 Å². The van der Waals surface area contributed by atoms with Crippen molar-refractivity contribution in [1.82, 2.24) is 19.4 Å². The minimum atomic E-state index is -1.32. The van der Waals surface area contributed by atoms with Gasteiger partial charge in [0.05, 0.1) is 35.8 Å². The molecule has 4 heterocycles. The topological polar surface area (TPSA) is 95.6 Å². The molecule has 29 heavy (non-hydrogen) atoms. The maximum Gasteiger partial charge on any atom is 0.251 e. The molecule has 0 spiro atoms. The maximum absolute atomic E-state index is 12.7. The summed E-state index contributed by atoms with van der Waals surface area (Å²) in [6, 6.07) is 2.06. The Morgan fingerprint density at radius 3 is 3.00 bits per heavy atom. The standard InChI is InChI=1S/C20H20N4O3S2/c1-27-7-8-29(26)20-18(25)17-13(12-3-2-4-12)9-14(23-19(17)28-20)15-10-22-16-11-21-5-6-24(15)16/h5-6,9-12,25H,2-4,7-8H2,1H3/t29-/m1/s1. The summed E-state index contributed by atoms with van der Waals surface area (Å²) in [7, 11) is 1.58. The van der Waals surface area contributed by atoms with Crippen LogP contribution in [0, 0.1) is 0 Å². The van der Waals surface area contributed by atoms with Crippen molar-refractivity contribution in [3.63, 3.8) is 0 Å². The second kappa shape index (κ2) is 7.56. The number of ether oxygens (including phenoxy) is 1. The molecule has 1 atom stereocenters. The quantitative estimate of drug-likeness (QED) is 0.470. The van der Waals surface area contributed by atoms with Gasteiger partial charge in [-0.3, -0.25) is 9.38 Å². The van der Waals surface area contributed by atoms with Crippen LogP contribution in [-0.2, 0) is 15.9 Å². The molecule has 0 saturated heterocycles. The van der Waals surface area contributed by atoms with E-state index in [1.807, 2.05) is 10.6 Å². The van der Waals surface area contributed by atoms with E-state index in [9.17, 15) is 9.66 Å². The molecular formula is C20H20N4O3S2. The Balaban J connectivity index is 1.69. The Labute approximate surface area is 174 Å². The van der Waals surface area contributed by atoms with Crippen molar-refractivity contribution in [2.75, 3.05) is 19.5 Å². The van der Waals surface area contributed by atoms with Crippen LogP contribution in [-0.4, -0.2) is 48.5 Å². The van der Waals surface area contributed by atoms with Crippen molar-refractivity contribution >= 4 is 38.4 Å². The Kier molecular flexibility index (Phi) is 4.91. The molecule has 5 rings (SSSR count). The molecule has 0 bridgehead atoms. The largest absolute Gasteiger partial charge is 0.611 e. The highest BCUT2D eigenvalue weighted by atomic mass is 32.2. The van der Waals surface area contributed by atoms with E-state index >= 15 is 0 Å². The first-order chi connectivity index (χ1) is 14.2. The minimum Gasteiger partial charge on any atom is -0.611 e. The smallest absolute Gasteiger partial charge is 0.251 e. The van der Waals surface area contributed by atoms with Crippen molar-refractivity contribution in [2.45, 2.75) is 29.4 Å². The monoisotopic (exact) mass is 428 g/mol. The molecule has 1 aliphatic carbocycles. The van der Waals surface area contributed by atoms with Gasteiger partial charge in [-0.15, -0.1) is 0 Å². The zero-order valence-corrected chi connectivity index (χ0v) is 17.5. The predicted octanol–water partition coefficient (Wildman–Crippen LogP) is 3.73. The molecule has 1 fully saturated rings. The fourth-order valence-corrected chi connectivity index (χ4v) is 6.22. The predicted molar refractivity (Wildman–Crippen MR) is 113 cm³/mol. The summed E-state index contributed by atoms with van der Waals surface area (Å²) < 4.78 is 20.2. The third kappa shape index (κ3) is 3.18. The molecule has 1 N–H and O–H groups in total. The molecule has 0 radical (unpaired) electrons. The van der Waals surface area contributed by atoms with Crippen molar-refractivity contribution < 1.29 is 14.4 Å². The number of aromatic nitrogens is 4. The van der Waals surface area contributed by atoms with Crippen LogP contribution in [0.15, 0.2) is 35.1 Å². The highest BCUT2D eigenvalue weighted by molar-refractivity contribution is 7.93. The lowest BCUT2D eigenvalue weighted by Crippen LogP contribution is -2.11. The molecule has 4 aromatic rings. The summed E-state index contributed by atoms with van der Waals surface area (Å²) in [5, 5.41) is 11.7. The molecule has 1 saturated carbocycles. The Bertz CT molecular complexity index is 1190. The lowest BCUT2D eigenvalue weighted by Gasteiger charge is -2.26. The molecule has 7 nitrogen and oxygen atoms in total. The molecule has 0 aliphatic heterocycles. The fourth-order valence-electron chi connectivity index (χ4n) is 3.70. The van der Waals surface area contributed by atoms with Crippen molar-refractivity contribution in [3.8, 4) is 17.1 Å². The van der Waals surface area contributed by atoms with Gasteiger partial charge in [0.2, 0.25) is 0 Å². The van der Waals surface area contributed by atoms with Crippen LogP contribution >= 0.6 is 11.3 Å². The molecular weight excluding hydrogens is 408 g/mol. The van der Waals surface area contributed by atoms with Crippen LogP contribution in [0.5, 0.6) is 5.75 Å². The molecule has 1 aliphatic rings. The number of hydrogen-bond acceptors (Lipinski definition) is 7. The van der Waals surface area contributed by atoms with Crippen LogP contribution in [0.1, 0.15) is 30.7 Å². The van der Waals surface area contributed by atoms with E-state index in [2.05, 4.69) is 16.0 Å². The number of hydrogen-bond donors (Lipinski definition) is 1. The minimum absolute atomic E-state index is 0.114. The number of aromatic hydroxyl groups is 1. The van der Waals surface area contributed by atoms with E-state index in [4.69, 9.17) is 9.72 Å². The second-order valence-corrected chi connectivity index (χ2v) is 9.90. The SMILES string of the molecule is COCC[S@@+]([O-])c1sc2nc(-c3cnc4cnccn34)cc(C3CCC3)c2c1O. The zero-order chi connectivity index (χ0) is 20.0. The lowest BCUT2D eigenvalue weighted by molar-refractivity contribution is 0.217. The molecule has 0 amide bonds. The van der Waals surface area contributed by atoms with Gasteiger partial charge >= 0.3 is 0 Å². The second-order valence-electron chi connectivity index (χ2n) is 7.13. The van der Waals surface area contributed by atoms with Gasteiger partial charge in [-0.2, -0.15) is 0 Å². The van der Waals surface area contributed by atoms with Crippen LogP contribution in [0.4, 0.5) is 0 Å². The summed E-state index contributed by atoms with van der Waals surface area (Å²) in [5.41, 5.74) is 3.52. The van der Waals surface area contributed by atoms with Gasteiger partial charge in [-0.25, -0.2) is 9.97 Å². The number of imidazole rings is 1. The maximum atomic E-state index is 12.7. The number of rotatable bonds is 6. The van der Waals surface area contributed by atoms with Crippen LogP contribution in [0.25, 0.3) is 27.3 Å². The van der Waals surface area contributed by atoms with E-state index in [0.717, 1.165) is 40.8 Å². The summed E-state index contributed by atoms with van der Waals surface area (Å²) >= 11 is -0.0142. The van der Waals surface area contributed by atoms with Gasteiger partial charge in [0, 0.05) is 30.7 Å². The number of methoxy groups -OCH3 is 1. The first kappa shape index (κ1) is 18.8. The van der Waals surface area contributed by atoms with E-state index in [-0.39, 0.29) is 5.75 Å². The van der Waals surface area contributed by atoms with Crippen molar-refractivity contribution in [2.24, 2.45) is 0 Å². The van der Waals surface area contributed by atoms with Gasteiger partial charge in [0.15, 0.2) is 11.4 Å². The van der Waals surface area contributed by atoms with Gasteiger partial charge in [-0.1, -0.05) is 17.8 Å². The van der Waals surface area contributed by atoms with Crippen LogP contribution < -0.4 is 0 Å². The summed E-state index contributed by atoms with van der Waals surface area (Å²) in [5.74, 6) is 0.853.